The molecule has 4 nitrogen and oxygen atoms in total. The van der Waals surface area contributed by atoms with Crippen LogP contribution in [0.25, 0.3) is 11.6 Å². The van der Waals surface area contributed by atoms with Gasteiger partial charge in [-0.3, -0.25) is 0 Å². The third kappa shape index (κ3) is 9.86. The summed E-state index contributed by atoms with van der Waals surface area (Å²) in [5.41, 5.74) is 1.44. The molecular formula is C45H53Cl2F3N2O2. The molecule has 0 fully saturated rings. The number of benzene rings is 4. The summed E-state index contributed by atoms with van der Waals surface area (Å²) in [6.45, 7) is 9.96. The number of aliphatic hydroxyl groups is 2. The summed E-state index contributed by atoms with van der Waals surface area (Å²) in [5.74, 6) is -1.11. The zero-order valence-electron chi connectivity index (χ0n) is 32.6. The molecule has 2 N–H and O–H groups in total. The predicted molar refractivity (Wildman–Crippen MR) is 219 cm³/mol. The summed E-state index contributed by atoms with van der Waals surface area (Å²) < 4.78 is 42.6. The van der Waals surface area contributed by atoms with Crippen molar-refractivity contribution in [3.63, 3.8) is 0 Å². The van der Waals surface area contributed by atoms with Crippen LogP contribution in [-0.4, -0.2) is 66.4 Å². The lowest BCUT2D eigenvalue weighted by Crippen LogP contribution is -2.51. The molecular weight excluding hydrogens is 728 g/mol. The Balaban J connectivity index is 2.09. The highest BCUT2D eigenvalue weighted by Crippen LogP contribution is 2.47. The average molecular weight is 782 g/mol. The summed E-state index contributed by atoms with van der Waals surface area (Å²) in [6.07, 6.45) is -2.37. The van der Waals surface area contributed by atoms with Gasteiger partial charge in [-0.25, -0.2) is 0 Å². The van der Waals surface area contributed by atoms with Crippen molar-refractivity contribution in [1.29, 1.82) is 0 Å². The van der Waals surface area contributed by atoms with Gasteiger partial charge in [0.1, 0.15) is 5.60 Å². The molecule has 0 saturated carbocycles. The minimum Gasteiger partial charge on any atom is -0.385 e. The first-order chi connectivity index (χ1) is 25.2. The van der Waals surface area contributed by atoms with E-state index in [1.807, 2.05) is 114 Å². The lowest BCUT2D eigenvalue weighted by atomic mass is 9.67. The third-order valence-corrected chi connectivity index (χ3v) is 11.2. The number of hydrogen-bond acceptors (Lipinski definition) is 4. The summed E-state index contributed by atoms with van der Waals surface area (Å²) in [4.78, 5) is 3.92. The van der Waals surface area contributed by atoms with E-state index in [2.05, 4.69) is 6.07 Å². The lowest BCUT2D eigenvalue weighted by Gasteiger charge is -2.46. The SMILES string of the molecule is CC(=Cc1ccc(Cl)cc1)C(O)(Cc1cccc(C)c1)C(C)C(C(=C(C)C(O)(c1cccc(C(F)(F)F)c1)C(C)CN(C)C)c1ccc(Cl)cc1)N(C)C. The van der Waals surface area contributed by atoms with E-state index in [1.165, 1.54) is 6.07 Å². The van der Waals surface area contributed by atoms with E-state index in [0.29, 0.717) is 33.3 Å². The van der Waals surface area contributed by atoms with E-state index >= 15 is 0 Å². The average Bonchev–Trinajstić information content (AvgIpc) is 3.10. The van der Waals surface area contributed by atoms with E-state index in [0.717, 1.165) is 34.4 Å². The molecule has 9 heteroatoms. The monoisotopic (exact) mass is 780 g/mol. The number of halogens is 5. The Kier molecular flexibility index (Phi) is 14.1. The fourth-order valence-corrected chi connectivity index (χ4v) is 8.12. The van der Waals surface area contributed by atoms with Gasteiger partial charge >= 0.3 is 6.18 Å². The number of nitrogens with zero attached hydrogens (tertiary/aromatic N) is 2. The second kappa shape index (κ2) is 17.6. The van der Waals surface area contributed by atoms with Crippen molar-refractivity contribution in [2.24, 2.45) is 11.8 Å². The second-order valence-electron chi connectivity index (χ2n) is 15.2. The van der Waals surface area contributed by atoms with Crippen molar-refractivity contribution < 1.29 is 23.4 Å². The Bertz CT molecular complexity index is 1940. The van der Waals surface area contributed by atoms with E-state index in [9.17, 15) is 23.4 Å². The highest BCUT2D eigenvalue weighted by atomic mass is 35.5. The van der Waals surface area contributed by atoms with Crippen LogP contribution in [0.3, 0.4) is 0 Å². The molecule has 0 aliphatic rings. The molecule has 5 atom stereocenters. The maximum absolute atomic E-state index is 14.2. The van der Waals surface area contributed by atoms with E-state index in [1.54, 1.807) is 37.3 Å². The molecule has 4 aromatic carbocycles. The van der Waals surface area contributed by atoms with Crippen LogP contribution in [0.5, 0.6) is 0 Å². The van der Waals surface area contributed by atoms with Crippen LogP contribution in [-0.2, 0) is 18.2 Å². The molecule has 0 saturated heterocycles. The highest BCUT2D eigenvalue weighted by molar-refractivity contribution is 6.30. The number of hydrogen-bond donors (Lipinski definition) is 2. The Labute approximate surface area is 329 Å². The number of aryl methyl sites for hydroxylation is 1. The van der Waals surface area contributed by atoms with Crippen molar-refractivity contribution >= 4 is 34.9 Å². The first-order valence-corrected chi connectivity index (χ1v) is 18.8. The first-order valence-electron chi connectivity index (χ1n) is 18.1. The largest absolute Gasteiger partial charge is 0.416 e. The Hall–Kier alpha value is -3.43. The zero-order valence-corrected chi connectivity index (χ0v) is 34.2. The smallest absolute Gasteiger partial charge is 0.385 e. The van der Waals surface area contributed by atoms with Gasteiger partial charge in [0.05, 0.1) is 11.2 Å². The number of alkyl halides is 3. The summed E-state index contributed by atoms with van der Waals surface area (Å²) in [6, 6.07) is 27.1. The molecule has 290 valence electrons. The highest BCUT2D eigenvalue weighted by Gasteiger charge is 2.47. The van der Waals surface area contributed by atoms with Gasteiger partial charge in [-0.2, -0.15) is 13.2 Å². The molecule has 0 heterocycles. The fourth-order valence-electron chi connectivity index (χ4n) is 7.87. The standard InChI is InChI=1S/C45H53Cl2F3N2O2/c1-29-12-10-13-35(24-29)27-43(53,30(2)25-34-16-20-39(46)21-17-34)33(5)42(52(8)9)41(36-18-22-40(47)23-19-36)32(4)44(54,31(3)28-51(6)7)37-14-11-15-38(26-37)45(48,49)50/h10-26,31,33,42,53-54H,27-28H2,1-9H3. The van der Waals surface area contributed by atoms with Crippen LogP contribution in [0.15, 0.2) is 108 Å². The van der Waals surface area contributed by atoms with Gasteiger partial charge in [-0.15, -0.1) is 0 Å². The predicted octanol–water partition coefficient (Wildman–Crippen LogP) is 10.8. The van der Waals surface area contributed by atoms with Crippen molar-refractivity contribution in [3.8, 4) is 0 Å². The molecule has 0 aliphatic carbocycles. The van der Waals surface area contributed by atoms with E-state index in [4.69, 9.17) is 23.2 Å². The molecule has 0 radical (unpaired) electrons. The van der Waals surface area contributed by atoms with Crippen molar-refractivity contribution in [1.82, 2.24) is 9.80 Å². The maximum Gasteiger partial charge on any atom is 0.416 e. The van der Waals surface area contributed by atoms with Crippen LogP contribution in [0.2, 0.25) is 10.0 Å². The maximum atomic E-state index is 14.2. The first kappa shape index (κ1) is 43.3. The normalized spacial score (nSPS) is 17.1. The molecule has 5 unspecified atom stereocenters. The van der Waals surface area contributed by atoms with Gasteiger partial charge in [-0.05, 0) is 124 Å². The molecule has 54 heavy (non-hydrogen) atoms. The number of rotatable bonds is 14. The van der Waals surface area contributed by atoms with Crippen molar-refractivity contribution in [2.75, 3.05) is 34.7 Å². The topological polar surface area (TPSA) is 46.9 Å². The van der Waals surface area contributed by atoms with Crippen LogP contribution < -0.4 is 0 Å². The Morgan fingerprint density at radius 2 is 1.33 bits per heavy atom. The third-order valence-electron chi connectivity index (χ3n) is 10.7. The molecule has 0 aromatic heterocycles. The van der Waals surface area contributed by atoms with Gasteiger partial charge in [0.15, 0.2) is 0 Å². The van der Waals surface area contributed by atoms with Crippen LogP contribution in [0.4, 0.5) is 13.2 Å². The molecule has 0 aliphatic heterocycles. The van der Waals surface area contributed by atoms with Gasteiger partial charge in [0, 0.05) is 40.9 Å². The van der Waals surface area contributed by atoms with Gasteiger partial charge < -0.3 is 20.0 Å². The minimum atomic E-state index is -4.61. The summed E-state index contributed by atoms with van der Waals surface area (Å²) in [5, 5.41) is 27.5. The molecule has 4 aromatic rings. The van der Waals surface area contributed by atoms with E-state index < -0.39 is 40.8 Å². The van der Waals surface area contributed by atoms with Crippen LogP contribution >= 0.6 is 23.2 Å². The van der Waals surface area contributed by atoms with Crippen LogP contribution in [0.1, 0.15) is 61.1 Å². The second-order valence-corrected chi connectivity index (χ2v) is 16.1. The number of likely N-dealkylation sites (N-methyl/N-ethyl adjacent to an activating group) is 1. The molecule has 0 amide bonds. The van der Waals surface area contributed by atoms with Crippen LogP contribution in [0, 0.1) is 18.8 Å². The zero-order chi connectivity index (χ0) is 40.2. The van der Waals surface area contributed by atoms with Gasteiger partial charge in [-0.1, -0.05) is 109 Å². The quantitative estimate of drug-likeness (QED) is 0.134. The van der Waals surface area contributed by atoms with Crippen molar-refractivity contribution in [3.05, 3.63) is 152 Å². The van der Waals surface area contributed by atoms with Crippen molar-refractivity contribution in [2.45, 2.75) is 64.5 Å². The van der Waals surface area contributed by atoms with E-state index in [-0.39, 0.29) is 12.0 Å². The Morgan fingerprint density at radius 3 is 1.87 bits per heavy atom. The summed E-state index contributed by atoms with van der Waals surface area (Å²) in [7, 11) is 7.58. The molecule has 0 spiro atoms. The van der Waals surface area contributed by atoms with Gasteiger partial charge in [0.2, 0.25) is 0 Å². The van der Waals surface area contributed by atoms with Gasteiger partial charge in [0.25, 0.3) is 0 Å². The molecule has 0 bridgehead atoms. The lowest BCUT2D eigenvalue weighted by molar-refractivity contribution is -0.137. The summed E-state index contributed by atoms with van der Waals surface area (Å²) >= 11 is 12.6. The fraction of sp³-hybridized carbons (Fsp3) is 0.378. The molecule has 4 rings (SSSR count). The Morgan fingerprint density at radius 1 is 0.778 bits per heavy atom. The minimum absolute atomic E-state index is 0.134.